The van der Waals surface area contributed by atoms with Crippen LogP contribution in [0.25, 0.3) is 0 Å². The summed E-state index contributed by atoms with van der Waals surface area (Å²) in [5, 5.41) is 9.75. The predicted molar refractivity (Wildman–Crippen MR) is 101 cm³/mol. The van der Waals surface area contributed by atoms with E-state index in [1.54, 1.807) is 32.4 Å². The minimum Gasteiger partial charge on any atom is -0.497 e. The lowest BCUT2D eigenvalue weighted by Gasteiger charge is -2.40. The van der Waals surface area contributed by atoms with Gasteiger partial charge in [-0.2, -0.15) is 0 Å². The second kappa shape index (κ2) is 9.39. The average Bonchev–Trinajstić information content (AvgIpc) is 2.73. The number of nitrogens with zero attached hydrogens (tertiary/aromatic N) is 2. The molecule has 3 rings (SSSR count). The number of aliphatic hydroxyl groups is 1. The standard InChI is InChI=1S/C20H30N2O5/c1-25-17-3-4-19(26-2)18(10-17)20(24)22-12-15(9-16(13-22)14-23)11-21-5-7-27-8-6-21/h3-4,10,15-16,23H,5-9,11-14H2,1-2H3/t15-,16+/m1/s1. The molecule has 1 aromatic rings. The number of piperidine rings is 1. The minimum absolute atomic E-state index is 0.0733. The van der Waals surface area contributed by atoms with Gasteiger partial charge in [0.05, 0.1) is 33.0 Å². The highest BCUT2D eigenvalue weighted by Crippen LogP contribution is 2.29. The Morgan fingerprint density at radius 2 is 1.93 bits per heavy atom. The van der Waals surface area contributed by atoms with Crippen molar-refractivity contribution in [3.05, 3.63) is 23.8 Å². The van der Waals surface area contributed by atoms with Crippen molar-refractivity contribution >= 4 is 5.91 Å². The predicted octanol–water partition coefficient (Wildman–Crippen LogP) is 1.11. The molecule has 7 nitrogen and oxygen atoms in total. The normalized spacial score (nSPS) is 23.9. The molecular formula is C20H30N2O5. The van der Waals surface area contributed by atoms with Gasteiger partial charge in [0.15, 0.2) is 0 Å². The summed E-state index contributed by atoms with van der Waals surface area (Å²) in [4.78, 5) is 17.5. The highest BCUT2D eigenvalue weighted by Gasteiger charge is 2.32. The molecule has 2 saturated heterocycles. The Kier molecular flexibility index (Phi) is 6.93. The Labute approximate surface area is 160 Å². The molecule has 2 aliphatic heterocycles. The molecule has 0 radical (unpaired) electrons. The van der Waals surface area contributed by atoms with E-state index < -0.39 is 0 Å². The van der Waals surface area contributed by atoms with Crippen molar-refractivity contribution in [1.82, 2.24) is 9.80 Å². The molecule has 2 atom stereocenters. The molecule has 0 saturated carbocycles. The van der Waals surface area contributed by atoms with Crippen LogP contribution in [0.15, 0.2) is 18.2 Å². The maximum absolute atomic E-state index is 13.2. The van der Waals surface area contributed by atoms with Crippen LogP contribution in [-0.2, 0) is 4.74 Å². The van der Waals surface area contributed by atoms with Crippen molar-refractivity contribution in [2.24, 2.45) is 11.8 Å². The van der Waals surface area contributed by atoms with Gasteiger partial charge in [0, 0.05) is 39.3 Å². The maximum Gasteiger partial charge on any atom is 0.257 e. The number of hydrogen-bond donors (Lipinski definition) is 1. The Bertz CT molecular complexity index is 633. The first kappa shape index (κ1) is 19.9. The summed E-state index contributed by atoms with van der Waals surface area (Å²) >= 11 is 0. The molecule has 150 valence electrons. The van der Waals surface area contributed by atoms with Crippen LogP contribution < -0.4 is 9.47 Å². The highest BCUT2D eigenvalue weighted by molar-refractivity contribution is 5.97. The zero-order valence-electron chi connectivity index (χ0n) is 16.2. The van der Waals surface area contributed by atoms with Gasteiger partial charge < -0.3 is 24.2 Å². The molecule has 0 spiro atoms. The van der Waals surface area contributed by atoms with Gasteiger partial charge >= 0.3 is 0 Å². The number of hydrogen-bond acceptors (Lipinski definition) is 6. The number of benzene rings is 1. The van der Waals surface area contributed by atoms with Gasteiger partial charge in [-0.3, -0.25) is 9.69 Å². The van der Waals surface area contributed by atoms with Crippen LogP contribution in [0.5, 0.6) is 11.5 Å². The summed E-state index contributed by atoms with van der Waals surface area (Å²) in [5.41, 5.74) is 0.501. The van der Waals surface area contributed by atoms with Crippen LogP contribution >= 0.6 is 0 Å². The van der Waals surface area contributed by atoms with Gasteiger partial charge in [-0.1, -0.05) is 0 Å². The Hall–Kier alpha value is -1.83. The first-order valence-corrected chi connectivity index (χ1v) is 9.56. The van der Waals surface area contributed by atoms with Crippen molar-refractivity contribution in [3.8, 4) is 11.5 Å². The number of aliphatic hydroxyl groups excluding tert-OH is 1. The van der Waals surface area contributed by atoms with E-state index in [1.807, 2.05) is 4.90 Å². The molecule has 1 amide bonds. The quantitative estimate of drug-likeness (QED) is 0.800. The molecular weight excluding hydrogens is 348 g/mol. The van der Waals surface area contributed by atoms with E-state index >= 15 is 0 Å². The maximum atomic E-state index is 13.2. The third-order valence-corrected chi connectivity index (χ3v) is 5.43. The number of likely N-dealkylation sites (tertiary alicyclic amines) is 1. The van der Waals surface area contributed by atoms with Crippen LogP contribution in [-0.4, -0.2) is 87.6 Å². The topological polar surface area (TPSA) is 71.5 Å². The van der Waals surface area contributed by atoms with Crippen molar-refractivity contribution < 1.29 is 24.1 Å². The zero-order chi connectivity index (χ0) is 19.2. The van der Waals surface area contributed by atoms with E-state index in [0.29, 0.717) is 36.1 Å². The summed E-state index contributed by atoms with van der Waals surface area (Å²) < 4.78 is 16.1. The Balaban J connectivity index is 1.74. The third kappa shape index (κ3) is 4.91. The molecule has 0 aromatic heterocycles. The molecule has 2 aliphatic rings. The van der Waals surface area contributed by atoms with Gasteiger partial charge in [0.25, 0.3) is 5.91 Å². The minimum atomic E-state index is -0.0733. The molecule has 1 N–H and O–H groups in total. The van der Waals surface area contributed by atoms with Gasteiger partial charge in [-0.15, -0.1) is 0 Å². The van der Waals surface area contributed by atoms with E-state index in [9.17, 15) is 9.90 Å². The highest BCUT2D eigenvalue weighted by atomic mass is 16.5. The number of morpholine rings is 1. The van der Waals surface area contributed by atoms with Crippen LogP contribution in [0.4, 0.5) is 0 Å². The average molecular weight is 378 g/mol. The number of methoxy groups -OCH3 is 2. The van der Waals surface area contributed by atoms with Crippen LogP contribution in [0.2, 0.25) is 0 Å². The van der Waals surface area contributed by atoms with Crippen molar-refractivity contribution in [2.75, 3.05) is 66.8 Å². The summed E-state index contributed by atoms with van der Waals surface area (Å²) in [6, 6.07) is 5.26. The molecule has 0 bridgehead atoms. The second-order valence-corrected chi connectivity index (χ2v) is 7.34. The smallest absolute Gasteiger partial charge is 0.257 e. The summed E-state index contributed by atoms with van der Waals surface area (Å²) in [7, 11) is 3.14. The molecule has 2 heterocycles. The fraction of sp³-hybridized carbons (Fsp3) is 0.650. The lowest BCUT2D eigenvalue weighted by Crippen LogP contribution is -2.49. The van der Waals surface area contributed by atoms with E-state index in [-0.39, 0.29) is 18.4 Å². The van der Waals surface area contributed by atoms with Crippen LogP contribution in [0, 0.1) is 11.8 Å². The van der Waals surface area contributed by atoms with E-state index in [0.717, 1.165) is 39.3 Å². The number of ether oxygens (including phenoxy) is 3. The first-order chi connectivity index (χ1) is 13.1. The fourth-order valence-corrected chi connectivity index (χ4v) is 4.05. The van der Waals surface area contributed by atoms with Crippen molar-refractivity contribution in [2.45, 2.75) is 6.42 Å². The SMILES string of the molecule is COc1ccc(OC)c(C(=O)N2C[C@@H](CN3CCOCC3)C[C@H](CO)C2)c1. The molecule has 2 fully saturated rings. The van der Waals surface area contributed by atoms with E-state index in [1.165, 1.54) is 0 Å². The Morgan fingerprint density at radius 3 is 2.59 bits per heavy atom. The molecule has 27 heavy (non-hydrogen) atoms. The molecule has 1 aromatic carbocycles. The molecule has 0 unspecified atom stereocenters. The van der Waals surface area contributed by atoms with Gasteiger partial charge in [0.2, 0.25) is 0 Å². The van der Waals surface area contributed by atoms with Crippen molar-refractivity contribution in [3.63, 3.8) is 0 Å². The van der Waals surface area contributed by atoms with Crippen LogP contribution in [0.3, 0.4) is 0 Å². The van der Waals surface area contributed by atoms with Gasteiger partial charge in [-0.25, -0.2) is 0 Å². The Morgan fingerprint density at radius 1 is 1.19 bits per heavy atom. The lowest BCUT2D eigenvalue weighted by molar-refractivity contribution is 0.0129. The number of carbonyl (C=O) groups excluding carboxylic acids is 1. The van der Waals surface area contributed by atoms with E-state index in [2.05, 4.69) is 4.90 Å². The number of amides is 1. The van der Waals surface area contributed by atoms with Crippen LogP contribution in [0.1, 0.15) is 16.8 Å². The lowest BCUT2D eigenvalue weighted by atomic mass is 9.88. The summed E-state index contributed by atoms with van der Waals surface area (Å²) in [5.74, 6) is 1.53. The summed E-state index contributed by atoms with van der Waals surface area (Å²) in [6.45, 7) is 5.66. The fourth-order valence-electron chi connectivity index (χ4n) is 4.05. The molecule has 7 heteroatoms. The first-order valence-electron chi connectivity index (χ1n) is 9.56. The number of carbonyl (C=O) groups is 1. The second-order valence-electron chi connectivity index (χ2n) is 7.34. The van der Waals surface area contributed by atoms with E-state index in [4.69, 9.17) is 14.2 Å². The number of rotatable bonds is 6. The van der Waals surface area contributed by atoms with Gasteiger partial charge in [0.1, 0.15) is 11.5 Å². The largest absolute Gasteiger partial charge is 0.497 e. The third-order valence-electron chi connectivity index (χ3n) is 5.43. The van der Waals surface area contributed by atoms with Gasteiger partial charge in [-0.05, 0) is 36.5 Å². The summed E-state index contributed by atoms with van der Waals surface area (Å²) in [6.07, 6.45) is 0.937. The molecule has 0 aliphatic carbocycles. The monoisotopic (exact) mass is 378 g/mol. The van der Waals surface area contributed by atoms with Crippen molar-refractivity contribution in [1.29, 1.82) is 0 Å². The zero-order valence-corrected chi connectivity index (χ0v) is 16.2.